The Morgan fingerprint density at radius 2 is 1.40 bits per heavy atom. The number of anilines is 1. The molecule has 0 aliphatic rings. The number of hydrogen-bond acceptors (Lipinski definition) is 14. The molecule has 0 fully saturated rings. The maximum Gasteiger partial charge on any atom is 0.397 e. The fourth-order valence-electron chi connectivity index (χ4n) is 7.29. The number of nitrogens with one attached hydrogen (secondary N) is 2. The number of rotatable bonds is 27. The third-order valence-corrected chi connectivity index (χ3v) is 13.2. The van der Waals surface area contributed by atoms with Gasteiger partial charge in [-0.2, -0.15) is 17.6 Å². The summed E-state index contributed by atoms with van der Waals surface area (Å²) in [6, 6.07) is 25.7. The van der Waals surface area contributed by atoms with Gasteiger partial charge in [0.05, 0.1) is 40.1 Å². The Hall–Kier alpha value is -5.76. The van der Waals surface area contributed by atoms with Gasteiger partial charge in [-0.05, 0) is 83.3 Å². The van der Waals surface area contributed by atoms with Crippen molar-refractivity contribution in [3.63, 3.8) is 0 Å². The van der Waals surface area contributed by atoms with Crippen molar-refractivity contribution in [1.82, 2.24) is 34.4 Å². The van der Waals surface area contributed by atoms with Gasteiger partial charge in [0.2, 0.25) is 11.8 Å². The minimum absolute atomic E-state index is 0.0172. The van der Waals surface area contributed by atoms with Gasteiger partial charge in [0.25, 0.3) is 0 Å². The van der Waals surface area contributed by atoms with E-state index < -0.39 is 24.1 Å². The number of aromatic nitrogens is 5. The summed E-state index contributed by atoms with van der Waals surface area (Å²) in [4.78, 5) is 13.5. The largest absolute Gasteiger partial charge is 0.497 e. The van der Waals surface area contributed by atoms with E-state index in [1.54, 1.807) is 58.7 Å². The molecule has 3 aromatic heterocycles. The molecule has 70 heavy (non-hydrogen) atoms. The van der Waals surface area contributed by atoms with E-state index in [0.29, 0.717) is 35.4 Å². The number of hydrogen-bond donors (Lipinski definition) is 2. The molecule has 0 saturated heterocycles. The summed E-state index contributed by atoms with van der Waals surface area (Å²) in [5.74, 6) is 3.13. The summed E-state index contributed by atoms with van der Waals surface area (Å²) in [6.45, 7) is 8.92. The van der Waals surface area contributed by atoms with Crippen molar-refractivity contribution in [2.75, 3.05) is 52.9 Å². The number of alkyl halides is 3. The molecule has 3 aromatic carbocycles. The Morgan fingerprint density at radius 3 is 2.04 bits per heavy atom. The van der Waals surface area contributed by atoms with Gasteiger partial charge >= 0.3 is 6.18 Å². The molecular weight excluding hydrogens is 945 g/mol. The van der Waals surface area contributed by atoms with Crippen molar-refractivity contribution in [2.45, 2.75) is 88.8 Å². The first-order valence-electron chi connectivity index (χ1n) is 22.8. The zero-order valence-electron chi connectivity index (χ0n) is 40.9. The van der Waals surface area contributed by atoms with Crippen LogP contribution in [0.2, 0.25) is 0 Å². The number of methoxy groups -OCH3 is 4. The molecule has 19 heteroatoms. The van der Waals surface area contributed by atoms with E-state index in [1.807, 2.05) is 54.6 Å². The van der Waals surface area contributed by atoms with Gasteiger partial charge in [-0.3, -0.25) is 0 Å². The second-order valence-electron chi connectivity index (χ2n) is 17.7. The van der Waals surface area contributed by atoms with Crippen LogP contribution in [0.1, 0.15) is 70.1 Å². The lowest BCUT2D eigenvalue weighted by molar-refractivity contribution is -0.219. The minimum atomic E-state index is -4.46. The zero-order chi connectivity index (χ0) is 50.3. The third-order valence-electron chi connectivity index (χ3n) is 11.3. The normalized spacial score (nSPS) is 12.0. The number of nitrogens with zero attached hydrogens (tertiary/aromatic N) is 6. The van der Waals surface area contributed by atoms with Gasteiger partial charge in [0.1, 0.15) is 40.3 Å². The number of aryl methyl sites for hydroxylation is 1. The van der Waals surface area contributed by atoms with Crippen LogP contribution in [0.4, 0.5) is 23.4 Å². The van der Waals surface area contributed by atoms with Gasteiger partial charge in [-0.15, -0.1) is 5.10 Å². The first kappa shape index (κ1) is 53.6. The summed E-state index contributed by atoms with van der Waals surface area (Å²) >= 11 is 2.87. The summed E-state index contributed by atoms with van der Waals surface area (Å²) in [5, 5.41) is 8.54. The van der Waals surface area contributed by atoms with E-state index in [0.717, 1.165) is 116 Å². The second kappa shape index (κ2) is 24.9. The van der Waals surface area contributed by atoms with Gasteiger partial charge in [-0.25, -0.2) is 23.9 Å². The maximum absolute atomic E-state index is 13.8. The number of ether oxygens (including phenoxy) is 5. The zero-order valence-corrected chi connectivity index (χ0v) is 42.5. The van der Waals surface area contributed by atoms with Crippen LogP contribution in [0, 0.1) is 11.4 Å². The van der Waals surface area contributed by atoms with Crippen molar-refractivity contribution < 1.29 is 41.2 Å². The van der Waals surface area contributed by atoms with Gasteiger partial charge in [0, 0.05) is 77.4 Å². The highest BCUT2D eigenvalue weighted by atomic mass is 32.2. The summed E-state index contributed by atoms with van der Waals surface area (Å²) in [7, 11) is 6.63. The highest BCUT2D eigenvalue weighted by molar-refractivity contribution is 8.00. The topological polar surface area (TPSA) is 130 Å². The molecule has 376 valence electrons. The fourth-order valence-corrected chi connectivity index (χ4v) is 9.15. The minimum Gasteiger partial charge on any atom is -0.497 e. The van der Waals surface area contributed by atoms with E-state index in [-0.39, 0.29) is 10.6 Å². The van der Waals surface area contributed by atoms with Crippen molar-refractivity contribution in [3.05, 3.63) is 120 Å². The molecule has 0 unspecified atom stereocenters. The standard InChI is InChI=1S/C51H62F4N8O5S2/c1-49(2,51(53,54)55)34-68-45-25-27-63(60-45)48-47(59-44(30-57-48)61-69-46-20-15-19-43(52)58-46)40-18-13-12-17-35(40)16-11-9-10-14-26-56-33-50(3,4)70-62(31-36-21-23-38(64-5)28-41(36)66-7)32-37-22-24-39(65-6)29-42(37)67-8/h12-13,15,17-25,27-30,56H,9-11,14,16,26,31-34H2,1-8H3,(H,59,61). The Bertz CT molecular complexity index is 2560. The highest BCUT2D eigenvalue weighted by Crippen LogP contribution is 2.39. The summed E-state index contributed by atoms with van der Waals surface area (Å²) in [6.07, 6.45) is 3.35. The van der Waals surface area contributed by atoms with Crippen LogP contribution in [0.25, 0.3) is 17.1 Å². The number of pyridine rings is 1. The van der Waals surface area contributed by atoms with Crippen molar-refractivity contribution >= 4 is 29.7 Å². The quantitative estimate of drug-likeness (QED) is 0.0220. The maximum atomic E-state index is 13.8. The molecule has 3 heterocycles. The number of unbranched alkanes of at least 4 members (excludes halogenated alkanes) is 3. The van der Waals surface area contributed by atoms with Crippen LogP contribution >= 0.6 is 23.9 Å². The van der Waals surface area contributed by atoms with Gasteiger partial charge in [0.15, 0.2) is 11.6 Å². The molecule has 0 saturated carbocycles. The Kier molecular flexibility index (Phi) is 19.0. The van der Waals surface area contributed by atoms with Gasteiger partial charge < -0.3 is 33.7 Å². The SMILES string of the molecule is COc1ccc(CN(Cc2ccc(OC)cc2OC)SC(C)(C)CNCCCCCCc2ccccc2-c2nc(NSc3cccc(F)n3)cnc2-n2ccc(OCC(C)(C)C(F)(F)F)n2)c(OC)c1. The Morgan fingerprint density at radius 1 is 0.729 bits per heavy atom. The van der Waals surface area contributed by atoms with E-state index in [2.05, 4.69) is 44.3 Å². The molecular formula is C51H62F4N8O5S2. The molecule has 6 aromatic rings. The molecule has 0 amide bonds. The van der Waals surface area contributed by atoms with Crippen LogP contribution in [-0.4, -0.2) is 88.1 Å². The van der Waals surface area contributed by atoms with Crippen molar-refractivity contribution in [2.24, 2.45) is 5.41 Å². The summed E-state index contributed by atoms with van der Waals surface area (Å²) in [5.41, 5.74) is 2.36. The van der Waals surface area contributed by atoms with Crippen LogP contribution in [0.5, 0.6) is 28.9 Å². The predicted molar refractivity (Wildman–Crippen MR) is 269 cm³/mol. The molecule has 0 aliphatic carbocycles. The van der Waals surface area contributed by atoms with Gasteiger partial charge in [-0.1, -0.05) is 67.3 Å². The Labute approximate surface area is 416 Å². The molecule has 0 atom stereocenters. The fraction of sp³-hybridized carbons (Fsp3) is 0.412. The van der Waals surface area contributed by atoms with E-state index >= 15 is 0 Å². The molecule has 6 rings (SSSR count). The molecule has 2 N–H and O–H groups in total. The average molecular weight is 1010 g/mol. The molecule has 0 radical (unpaired) electrons. The second-order valence-corrected chi connectivity index (χ2v) is 20.3. The average Bonchev–Trinajstić information content (AvgIpc) is 3.82. The molecule has 0 bridgehead atoms. The van der Waals surface area contributed by atoms with Crippen LogP contribution in [-0.2, 0) is 19.5 Å². The highest BCUT2D eigenvalue weighted by Gasteiger charge is 2.48. The van der Waals surface area contributed by atoms with Crippen molar-refractivity contribution in [1.29, 1.82) is 0 Å². The van der Waals surface area contributed by atoms with E-state index in [9.17, 15) is 17.6 Å². The Balaban J connectivity index is 1.07. The van der Waals surface area contributed by atoms with Crippen LogP contribution in [0.3, 0.4) is 0 Å². The first-order valence-corrected chi connectivity index (χ1v) is 24.4. The van der Waals surface area contributed by atoms with Crippen molar-refractivity contribution in [3.8, 4) is 46.0 Å². The first-order chi connectivity index (χ1) is 33.5. The lowest BCUT2D eigenvalue weighted by Crippen LogP contribution is -2.37. The summed E-state index contributed by atoms with van der Waals surface area (Å²) < 4.78 is 89.2. The van der Waals surface area contributed by atoms with Crippen LogP contribution in [0.15, 0.2) is 102 Å². The molecule has 0 spiro atoms. The van der Waals surface area contributed by atoms with Crippen LogP contribution < -0.4 is 33.7 Å². The predicted octanol–water partition coefficient (Wildman–Crippen LogP) is 11.8. The number of benzene rings is 3. The van der Waals surface area contributed by atoms with E-state index in [1.165, 1.54) is 23.0 Å². The molecule has 13 nitrogen and oxygen atoms in total. The van der Waals surface area contributed by atoms with E-state index in [4.69, 9.17) is 33.7 Å². The lowest BCUT2D eigenvalue weighted by Gasteiger charge is -2.32. The smallest absolute Gasteiger partial charge is 0.397 e. The lowest BCUT2D eigenvalue weighted by atomic mass is 9.94. The number of halogens is 4. The molecule has 0 aliphatic heterocycles. The third kappa shape index (κ3) is 15.1. The monoisotopic (exact) mass is 1010 g/mol.